The number of benzene rings is 1. The average Bonchev–Trinajstić information content (AvgIpc) is 3.60. The highest BCUT2D eigenvalue weighted by atomic mass is 19.4. The van der Waals surface area contributed by atoms with Crippen LogP contribution in [0.3, 0.4) is 0 Å². The predicted molar refractivity (Wildman–Crippen MR) is 110 cm³/mol. The minimum absolute atomic E-state index is 0.0358. The zero-order valence-electron chi connectivity index (χ0n) is 17.5. The summed E-state index contributed by atoms with van der Waals surface area (Å²) in [5.41, 5.74) is 1.15. The number of rotatable bonds is 7. The van der Waals surface area contributed by atoms with E-state index in [4.69, 9.17) is 9.47 Å². The Labute approximate surface area is 183 Å². The molecule has 4 rings (SSSR count). The number of anilines is 2. The lowest BCUT2D eigenvalue weighted by Gasteiger charge is -2.28. The van der Waals surface area contributed by atoms with Crippen molar-refractivity contribution < 1.29 is 32.5 Å². The molecule has 2 N–H and O–H groups in total. The van der Waals surface area contributed by atoms with Gasteiger partial charge in [0.1, 0.15) is 5.75 Å². The lowest BCUT2D eigenvalue weighted by Crippen LogP contribution is -2.32. The summed E-state index contributed by atoms with van der Waals surface area (Å²) in [6.45, 7) is 1.96. The van der Waals surface area contributed by atoms with Crippen molar-refractivity contribution in [2.24, 2.45) is 0 Å². The van der Waals surface area contributed by atoms with Crippen molar-refractivity contribution in [1.82, 2.24) is 9.97 Å². The maximum atomic E-state index is 13.3. The predicted octanol–water partition coefficient (Wildman–Crippen LogP) is 5.02. The smallest absolute Gasteiger partial charge is 0.425 e. The van der Waals surface area contributed by atoms with E-state index in [1.54, 1.807) is 18.2 Å². The van der Waals surface area contributed by atoms with Crippen LogP contribution >= 0.6 is 0 Å². The summed E-state index contributed by atoms with van der Waals surface area (Å²) < 4.78 is 50.7. The van der Waals surface area contributed by atoms with Gasteiger partial charge in [0, 0.05) is 19.1 Å². The number of carbonyl (C=O) groups is 1. The number of carboxylic acids is 1. The third kappa shape index (κ3) is 4.95. The lowest BCUT2D eigenvalue weighted by atomic mass is 9.90. The molecule has 0 unspecified atom stereocenters. The number of nitrogens with one attached hydrogen (secondary N) is 1. The number of ether oxygens (including phenoxy) is 2. The van der Waals surface area contributed by atoms with Crippen molar-refractivity contribution in [2.75, 3.05) is 18.5 Å². The van der Waals surface area contributed by atoms with E-state index in [1.807, 2.05) is 0 Å². The van der Waals surface area contributed by atoms with Crippen molar-refractivity contribution >= 4 is 17.5 Å². The van der Waals surface area contributed by atoms with Gasteiger partial charge in [0.05, 0.1) is 17.6 Å². The molecule has 1 atom stereocenters. The molecule has 7 nitrogen and oxygen atoms in total. The van der Waals surface area contributed by atoms with Gasteiger partial charge in [0.2, 0.25) is 0 Å². The molecule has 0 spiro atoms. The summed E-state index contributed by atoms with van der Waals surface area (Å²) in [6, 6.07) is 4.98. The number of hydrogen-bond acceptors (Lipinski definition) is 6. The lowest BCUT2D eigenvalue weighted by molar-refractivity contribution is -0.189. The standard InChI is InChI=1S/C22H24F3N3O4/c1-12(22(23,24)25)32-19-15(13-7-9-31-10-8-13)3-2-4-16(19)28-20-18(21(29)30)27-17(11-26-20)14-5-6-14/h2-4,11-14H,5-10H2,1H3,(H,26,28)(H,29,30)/t12-/m0/s1. The number of alkyl halides is 3. The molecule has 2 fully saturated rings. The van der Waals surface area contributed by atoms with Crippen LogP contribution in [0.15, 0.2) is 24.4 Å². The van der Waals surface area contributed by atoms with Gasteiger partial charge in [0.25, 0.3) is 0 Å². The molecule has 1 aliphatic carbocycles. The van der Waals surface area contributed by atoms with Crippen molar-refractivity contribution in [3.8, 4) is 5.75 Å². The summed E-state index contributed by atoms with van der Waals surface area (Å²) in [6.07, 6.45) is -1.94. The Balaban J connectivity index is 1.72. The first-order valence-electron chi connectivity index (χ1n) is 10.5. The molecule has 0 radical (unpaired) electrons. The summed E-state index contributed by atoms with van der Waals surface area (Å²) >= 11 is 0. The van der Waals surface area contributed by atoms with E-state index in [2.05, 4.69) is 15.3 Å². The summed E-state index contributed by atoms with van der Waals surface area (Å²) in [7, 11) is 0. The van der Waals surface area contributed by atoms with Crippen LogP contribution in [0.2, 0.25) is 0 Å². The Bertz CT molecular complexity index is 989. The molecule has 32 heavy (non-hydrogen) atoms. The minimum atomic E-state index is -4.56. The van der Waals surface area contributed by atoms with Crippen molar-refractivity contribution in [3.05, 3.63) is 41.3 Å². The van der Waals surface area contributed by atoms with Crippen LogP contribution in [0.5, 0.6) is 5.75 Å². The van der Waals surface area contributed by atoms with Crippen LogP contribution < -0.4 is 10.1 Å². The number of hydrogen-bond donors (Lipinski definition) is 2. The third-order valence-electron chi connectivity index (χ3n) is 5.70. The van der Waals surface area contributed by atoms with E-state index < -0.39 is 18.2 Å². The van der Waals surface area contributed by atoms with Crippen LogP contribution in [0, 0.1) is 0 Å². The molecule has 1 aromatic carbocycles. The largest absolute Gasteiger partial charge is 0.479 e. The second-order valence-electron chi connectivity index (χ2n) is 8.11. The Morgan fingerprint density at radius 3 is 2.56 bits per heavy atom. The molecule has 1 saturated heterocycles. The zero-order chi connectivity index (χ0) is 22.9. The topological polar surface area (TPSA) is 93.6 Å². The monoisotopic (exact) mass is 451 g/mol. The highest BCUT2D eigenvalue weighted by molar-refractivity contribution is 5.92. The molecule has 1 aliphatic heterocycles. The van der Waals surface area contributed by atoms with E-state index >= 15 is 0 Å². The van der Waals surface area contributed by atoms with Crippen molar-refractivity contribution in [3.63, 3.8) is 0 Å². The summed E-state index contributed by atoms with van der Waals surface area (Å²) in [5.74, 6) is -1.11. The Hall–Kier alpha value is -2.88. The van der Waals surface area contributed by atoms with Gasteiger partial charge in [-0.15, -0.1) is 0 Å². The Kier molecular flexibility index (Phi) is 6.23. The van der Waals surface area contributed by atoms with Gasteiger partial charge in [-0.25, -0.2) is 14.8 Å². The van der Waals surface area contributed by atoms with Gasteiger partial charge in [-0.3, -0.25) is 0 Å². The first kappa shape index (κ1) is 22.3. The van der Waals surface area contributed by atoms with Gasteiger partial charge in [-0.2, -0.15) is 13.2 Å². The van der Waals surface area contributed by atoms with Crippen LogP contribution in [-0.2, 0) is 4.74 Å². The maximum absolute atomic E-state index is 13.3. The molecule has 0 amide bonds. The molecule has 2 aromatic rings. The molecule has 1 aromatic heterocycles. The highest BCUT2D eigenvalue weighted by Crippen LogP contribution is 2.42. The normalized spacial score (nSPS) is 18.2. The van der Waals surface area contributed by atoms with Gasteiger partial charge in [-0.05, 0) is 50.2 Å². The molecular formula is C22H24F3N3O4. The second kappa shape index (κ2) is 8.93. The fourth-order valence-electron chi connectivity index (χ4n) is 3.71. The summed E-state index contributed by atoms with van der Waals surface area (Å²) in [5, 5.41) is 12.5. The fraction of sp³-hybridized carbons (Fsp3) is 0.500. The zero-order valence-corrected chi connectivity index (χ0v) is 17.5. The number of aromatic nitrogens is 2. The molecule has 172 valence electrons. The Morgan fingerprint density at radius 1 is 1.22 bits per heavy atom. The van der Waals surface area contributed by atoms with Crippen LogP contribution in [-0.4, -0.2) is 46.5 Å². The molecule has 2 heterocycles. The van der Waals surface area contributed by atoms with Crippen molar-refractivity contribution in [1.29, 1.82) is 0 Å². The number of carboxylic acid groups (broad SMARTS) is 1. The fourth-order valence-corrected chi connectivity index (χ4v) is 3.71. The number of nitrogens with zero attached hydrogens (tertiary/aromatic N) is 2. The Morgan fingerprint density at radius 2 is 1.94 bits per heavy atom. The highest BCUT2D eigenvalue weighted by Gasteiger charge is 2.39. The molecule has 1 saturated carbocycles. The average molecular weight is 451 g/mol. The van der Waals surface area contributed by atoms with Crippen LogP contribution in [0.1, 0.15) is 66.2 Å². The minimum Gasteiger partial charge on any atom is -0.479 e. The molecule has 10 heteroatoms. The van der Waals surface area contributed by atoms with E-state index in [0.29, 0.717) is 37.3 Å². The number of aromatic carboxylic acids is 1. The van der Waals surface area contributed by atoms with E-state index in [9.17, 15) is 23.1 Å². The van der Waals surface area contributed by atoms with Gasteiger partial charge >= 0.3 is 12.1 Å². The van der Waals surface area contributed by atoms with Gasteiger partial charge in [-0.1, -0.05) is 12.1 Å². The van der Waals surface area contributed by atoms with Crippen LogP contribution in [0.25, 0.3) is 0 Å². The SMILES string of the molecule is C[C@H](Oc1c(Nc2ncc(C3CC3)nc2C(=O)O)cccc1C1CCOCC1)C(F)(F)F. The number of para-hydroxylation sites is 1. The van der Waals surface area contributed by atoms with Gasteiger partial charge < -0.3 is 19.9 Å². The number of halogens is 3. The molecular weight excluding hydrogens is 427 g/mol. The van der Waals surface area contributed by atoms with E-state index in [0.717, 1.165) is 19.8 Å². The quantitative estimate of drug-likeness (QED) is 0.611. The van der Waals surface area contributed by atoms with E-state index in [-0.39, 0.29) is 34.8 Å². The van der Waals surface area contributed by atoms with Crippen LogP contribution in [0.4, 0.5) is 24.7 Å². The van der Waals surface area contributed by atoms with E-state index in [1.165, 1.54) is 6.20 Å². The molecule has 0 bridgehead atoms. The van der Waals surface area contributed by atoms with Crippen molar-refractivity contribution in [2.45, 2.75) is 56.7 Å². The second-order valence-corrected chi connectivity index (χ2v) is 8.11. The maximum Gasteiger partial charge on any atom is 0.425 e. The first-order chi connectivity index (χ1) is 15.2. The third-order valence-corrected chi connectivity index (χ3v) is 5.70. The van der Waals surface area contributed by atoms with Gasteiger partial charge in [0.15, 0.2) is 17.6 Å². The summed E-state index contributed by atoms with van der Waals surface area (Å²) in [4.78, 5) is 20.2. The molecule has 2 aliphatic rings. The first-order valence-corrected chi connectivity index (χ1v) is 10.5.